The summed E-state index contributed by atoms with van der Waals surface area (Å²) in [5.74, 6) is 1.34. The molecule has 1 saturated heterocycles. The number of carbonyl (C=O) groups is 1. The molecule has 0 radical (unpaired) electrons. The number of nitrogens with zero attached hydrogens (tertiary/aromatic N) is 1. The molecule has 1 aliphatic heterocycles. The van der Waals surface area contributed by atoms with E-state index in [2.05, 4.69) is 19.1 Å². The molecule has 4 heteroatoms. The van der Waals surface area contributed by atoms with Crippen LogP contribution in [0.15, 0.2) is 60.7 Å². The summed E-state index contributed by atoms with van der Waals surface area (Å²) in [7, 11) is 0. The maximum absolute atomic E-state index is 12.3. The van der Waals surface area contributed by atoms with Gasteiger partial charge in [0.15, 0.2) is 0 Å². The second-order valence-corrected chi connectivity index (χ2v) is 6.09. The van der Waals surface area contributed by atoms with Crippen molar-refractivity contribution in [2.75, 3.05) is 26.4 Å². The van der Waals surface area contributed by atoms with Gasteiger partial charge in [-0.25, -0.2) is 0 Å². The highest BCUT2D eigenvalue weighted by Crippen LogP contribution is 2.38. The topological polar surface area (TPSA) is 38.8 Å². The van der Waals surface area contributed by atoms with Crippen LogP contribution in [0.25, 0.3) is 0 Å². The molecule has 1 amide bonds. The first-order valence-electron chi connectivity index (χ1n) is 8.35. The standard InChI is InChI=1S/C20H23NO3/c1-16-14-21(20(16)17-8-4-2-5-9-17)19(22)15-23-12-13-24-18-10-6-3-7-11-18/h2-11,16,20H,12-15H2,1H3/t16-,20+/m1/s1. The average molecular weight is 325 g/mol. The first-order chi connectivity index (χ1) is 11.8. The summed E-state index contributed by atoms with van der Waals surface area (Å²) in [5.41, 5.74) is 1.19. The van der Waals surface area contributed by atoms with Gasteiger partial charge in [-0.05, 0) is 23.6 Å². The number of ether oxygens (including phenoxy) is 2. The molecule has 2 atom stereocenters. The van der Waals surface area contributed by atoms with Crippen LogP contribution < -0.4 is 4.74 Å². The van der Waals surface area contributed by atoms with Gasteiger partial charge in [0.05, 0.1) is 12.6 Å². The molecule has 1 fully saturated rings. The van der Waals surface area contributed by atoms with E-state index in [1.807, 2.05) is 53.4 Å². The Labute approximate surface area is 143 Å². The molecule has 0 aliphatic carbocycles. The van der Waals surface area contributed by atoms with Crippen molar-refractivity contribution in [1.29, 1.82) is 0 Å². The summed E-state index contributed by atoms with van der Waals surface area (Å²) < 4.78 is 11.0. The summed E-state index contributed by atoms with van der Waals surface area (Å²) in [5, 5.41) is 0. The second kappa shape index (κ2) is 7.97. The number of carbonyl (C=O) groups excluding carboxylic acids is 1. The molecule has 4 nitrogen and oxygen atoms in total. The quantitative estimate of drug-likeness (QED) is 0.733. The summed E-state index contributed by atoms with van der Waals surface area (Å²) in [6, 6.07) is 19.9. The van der Waals surface area contributed by atoms with Gasteiger partial charge >= 0.3 is 0 Å². The van der Waals surface area contributed by atoms with Gasteiger partial charge in [-0.1, -0.05) is 55.5 Å². The van der Waals surface area contributed by atoms with Crippen LogP contribution in [0.4, 0.5) is 0 Å². The zero-order valence-corrected chi connectivity index (χ0v) is 13.9. The van der Waals surface area contributed by atoms with Crippen LogP contribution in [0.5, 0.6) is 5.75 Å². The van der Waals surface area contributed by atoms with Crippen molar-refractivity contribution in [3.8, 4) is 5.75 Å². The van der Waals surface area contributed by atoms with Crippen molar-refractivity contribution >= 4 is 5.91 Å². The Bertz CT molecular complexity index is 644. The van der Waals surface area contributed by atoms with Crippen LogP contribution in [0.1, 0.15) is 18.5 Å². The molecule has 1 heterocycles. The van der Waals surface area contributed by atoms with Crippen molar-refractivity contribution in [3.63, 3.8) is 0 Å². The Kier molecular flexibility index (Phi) is 5.49. The lowest BCUT2D eigenvalue weighted by Gasteiger charge is -2.47. The fourth-order valence-electron chi connectivity index (χ4n) is 3.09. The van der Waals surface area contributed by atoms with Crippen molar-refractivity contribution < 1.29 is 14.3 Å². The number of hydrogen-bond acceptors (Lipinski definition) is 3. The van der Waals surface area contributed by atoms with Crippen molar-refractivity contribution in [2.45, 2.75) is 13.0 Å². The molecule has 3 rings (SSSR count). The highest BCUT2D eigenvalue weighted by atomic mass is 16.5. The van der Waals surface area contributed by atoms with E-state index in [-0.39, 0.29) is 18.6 Å². The fraction of sp³-hybridized carbons (Fsp3) is 0.350. The van der Waals surface area contributed by atoms with E-state index in [0.717, 1.165) is 12.3 Å². The first-order valence-corrected chi connectivity index (χ1v) is 8.35. The zero-order chi connectivity index (χ0) is 16.8. The van der Waals surface area contributed by atoms with E-state index in [9.17, 15) is 4.79 Å². The summed E-state index contributed by atoms with van der Waals surface area (Å²) in [6.07, 6.45) is 0. The number of para-hydroxylation sites is 1. The third-order valence-corrected chi connectivity index (χ3v) is 4.29. The Morgan fingerprint density at radius 2 is 1.71 bits per heavy atom. The third kappa shape index (κ3) is 3.95. The predicted octanol–water partition coefficient (Wildman–Crippen LogP) is 3.30. The van der Waals surface area contributed by atoms with Crippen LogP contribution in [-0.2, 0) is 9.53 Å². The molecule has 0 saturated carbocycles. The van der Waals surface area contributed by atoms with Crippen LogP contribution in [0, 0.1) is 5.92 Å². The number of benzene rings is 2. The van der Waals surface area contributed by atoms with Gasteiger partial charge < -0.3 is 14.4 Å². The molecule has 0 spiro atoms. The molecule has 0 N–H and O–H groups in total. The number of hydrogen-bond donors (Lipinski definition) is 0. The molecular weight excluding hydrogens is 302 g/mol. The SMILES string of the molecule is C[C@@H]1CN(C(=O)COCCOc2ccccc2)[C@@H]1c1ccccc1. The largest absolute Gasteiger partial charge is 0.491 e. The number of likely N-dealkylation sites (tertiary alicyclic amines) is 1. The zero-order valence-electron chi connectivity index (χ0n) is 13.9. The average Bonchev–Trinajstić information content (AvgIpc) is 2.61. The van der Waals surface area contributed by atoms with Crippen molar-refractivity contribution in [1.82, 2.24) is 4.90 Å². The Hall–Kier alpha value is -2.33. The highest BCUT2D eigenvalue weighted by Gasteiger charge is 2.39. The molecule has 2 aromatic rings. The van der Waals surface area contributed by atoms with Gasteiger partial charge in [-0.3, -0.25) is 4.79 Å². The van der Waals surface area contributed by atoms with Crippen molar-refractivity contribution in [2.24, 2.45) is 5.92 Å². The first kappa shape index (κ1) is 16.5. The highest BCUT2D eigenvalue weighted by molar-refractivity contribution is 5.79. The monoisotopic (exact) mass is 325 g/mol. The summed E-state index contributed by atoms with van der Waals surface area (Å²) in [6.45, 7) is 3.92. The van der Waals surface area contributed by atoms with Crippen molar-refractivity contribution in [3.05, 3.63) is 66.2 Å². The molecule has 1 aliphatic rings. The second-order valence-electron chi connectivity index (χ2n) is 6.09. The smallest absolute Gasteiger partial charge is 0.249 e. The fourth-order valence-corrected chi connectivity index (χ4v) is 3.09. The molecular formula is C20H23NO3. The molecule has 24 heavy (non-hydrogen) atoms. The normalized spacial score (nSPS) is 19.6. The van der Waals surface area contributed by atoms with E-state index in [1.54, 1.807) is 0 Å². The Morgan fingerprint density at radius 3 is 2.38 bits per heavy atom. The van der Waals surface area contributed by atoms with E-state index >= 15 is 0 Å². The van der Waals surface area contributed by atoms with Crippen LogP contribution in [0.2, 0.25) is 0 Å². The molecule has 0 aromatic heterocycles. The summed E-state index contributed by atoms with van der Waals surface area (Å²) >= 11 is 0. The molecule has 0 unspecified atom stereocenters. The lowest BCUT2D eigenvalue weighted by atomic mass is 9.85. The maximum atomic E-state index is 12.3. The Balaban J connectivity index is 1.41. The van der Waals surface area contributed by atoms with Crippen LogP contribution >= 0.6 is 0 Å². The van der Waals surface area contributed by atoms with E-state index in [4.69, 9.17) is 9.47 Å². The van der Waals surface area contributed by atoms with Gasteiger partial charge in [0.2, 0.25) is 5.91 Å². The third-order valence-electron chi connectivity index (χ3n) is 4.29. The molecule has 0 bridgehead atoms. The van der Waals surface area contributed by atoms with E-state index < -0.39 is 0 Å². The summed E-state index contributed by atoms with van der Waals surface area (Å²) in [4.78, 5) is 14.2. The minimum Gasteiger partial charge on any atom is -0.491 e. The van der Waals surface area contributed by atoms with Gasteiger partial charge in [-0.15, -0.1) is 0 Å². The lowest BCUT2D eigenvalue weighted by Crippen LogP contribution is -2.52. The van der Waals surface area contributed by atoms with Gasteiger partial charge in [0, 0.05) is 6.54 Å². The van der Waals surface area contributed by atoms with Crippen LogP contribution in [-0.4, -0.2) is 37.2 Å². The molecule has 126 valence electrons. The predicted molar refractivity (Wildman–Crippen MR) is 92.8 cm³/mol. The number of amides is 1. The minimum atomic E-state index is 0.0432. The van der Waals surface area contributed by atoms with Gasteiger partial charge in [0.25, 0.3) is 0 Å². The van der Waals surface area contributed by atoms with Crippen LogP contribution in [0.3, 0.4) is 0 Å². The minimum absolute atomic E-state index is 0.0432. The number of rotatable bonds is 7. The maximum Gasteiger partial charge on any atom is 0.249 e. The Morgan fingerprint density at radius 1 is 1.04 bits per heavy atom. The van der Waals surface area contributed by atoms with E-state index in [1.165, 1.54) is 5.56 Å². The van der Waals surface area contributed by atoms with Gasteiger partial charge in [0.1, 0.15) is 19.0 Å². The van der Waals surface area contributed by atoms with E-state index in [0.29, 0.717) is 19.1 Å². The van der Waals surface area contributed by atoms with Gasteiger partial charge in [-0.2, -0.15) is 0 Å². The lowest BCUT2D eigenvalue weighted by molar-refractivity contribution is -0.148. The molecule has 2 aromatic carbocycles.